The number of ether oxygens (including phenoxy) is 1. The average Bonchev–Trinajstić information content (AvgIpc) is 2.30. The second-order valence-electron chi connectivity index (χ2n) is 4.46. The minimum atomic E-state index is -3.42. The molecule has 0 spiro atoms. The summed E-state index contributed by atoms with van der Waals surface area (Å²) in [5.74, 6) is 0. The fourth-order valence-electron chi connectivity index (χ4n) is 1.70. The molecule has 0 saturated carbocycles. The largest absolute Gasteiger partial charge is 0.383 e. The van der Waals surface area contributed by atoms with Gasteiger partial charge < -0.3 is 4.74 Å². The number of nitrogens with one attached hydrogen (secondary N) is 1. The molecule has 0 unspecified atom stereocenters. The predicted octanol–water partition coefficient (Wildman–Crippen LogP) is 0.0929. The summed E-state index contributed by atoms with van der Waals surface area (Å²) in [7, 11) is -1.90. The molecule has 0 amide bonds. The van der Waals surface area contributed by atoms with Crippen LogP contribution in [0.15, 0.2) is 0 Å². The topological polar surface area (TPSA) is 82.4 Å². The van der Waals surface area contributed by atoms with Gasteiger partial charge >= 0.3 is 0 Å². The molecule has 0 aromatic heterocycles. The molecule has 0 aliphatic carbocycles. The summed E-state index contributed by atoms with van der Waals surface area (Å²) in [5, 5.41) is 8.96. The van der Waals surface area contributed by atoms with Crippen LogP contribution in [0.3, 0.4) is 0 Å². The van der Waals surface area contributed by atoms with Crippen LogP contribution in [0.25, 0.3) is 0 Å². The normalized spacial score (nSPS) is 21.0. The molecule has 1 rings (SSSR count). The Hall–Kier alpha value is -0.680. The first-order valence-corrected chi connectivity index (χ1v) is 7.02. The number of rotatable bonds is 5. The van der Waals surface area contributed by atoms with Crippen molar-refractivity contribution < 1.29 is 13.2 Å². The monoisotopic (exact) mass is 261 g/mol. The Morgan fingerprint density at radius 2 is 2.06 bits per heavy atom. The number of piperidine rings is 1. The lowest BCUT2D eigenvalue weighted by Gasteiger charge is -2.33. The van der Waals surface area contributed by atoms with E-state index in [0.717, 1.165) is 0 Å². The molecule has 1 aliphatic heterocycles. The van der Waals surface area contributed by atoms with Crippen molar-refractivity contribution in [3.8, 4) is 6.07 Å². The molecule has 7 heteroatoms. The zero-order valence-corrected chi connectivity index (χ0v) is 11.1. The van der Waals surface area contributed by atoms with Crippen LogP contribution in [0.1, 0.15) is 19.8 Å². The minimum Gasteiger partial charge on any atom is -0.383 e. The molecule has 1 aliphatic rings. The van der Waals surface area contributed by atoms with Crippen LogP contribution in [0.4, 0.5) is 0 Å². The fraction of sp³-hybridized carbons (Fsp3) is 0.900. The molecule has 1 heterocycles. The number of nitrogens with zero attached hydrogens (tertiary/aromatic N) is 2. The molecule has 1 fully saturated rings. The molecule has 98 valence electrons. The standard InChI is InChI=1S/C10H19N3O3S/c1-10(9-11)3-6-13(7-4-10)17(14,15)12-5-8-16-2/h12H,3-8H2,1-2H3. The Morgan fingerprint density at radius 3 is 2.53 bits per heavy atom. The van der Waals surface area contributed by atoms with Crippen molar-refractivity contribution in [3.63, 3.8) is 0 Å². The van der Waals surface area contributed by atoms with Crippen molar-refractivity contribution in [2.24, 2.45) is 5.41 Å². The van der Waals surface area contributed by atoms with Gasteiger partial charge in [0.25, 0.3) is 10.2 Å². The summed E-state index contributed by atoms with van der Waals surface area (Å²) in [4.78, 5) is 0. The first kappa shape index (κ1) is 14.4. The van der Waals surface area contributed by atoms with Crippen molar-refractivity contribution in [1.82, 2.24) is 9.03 Å². The molecule has 6 nitrogen and oxygen atoms in total. The van der Waals surface area contributed by atoms with Crippen LogP contribution in [0.5, 0.6) is 0 Å². The smallest absolute Gasteiger partial charge is 0.279 e. The lowest BCUT2D eigenvalue weighted by atomic mass is 9.83. The third-order valence-electron chi connectivity index (χ3n) is 3.03. The van der Waals surface area contributed by atoms with E-state index in [2.05, 4.69) is 10.8 Å². The van der Waals surface area contributed by atoms with E-state index in [0.29, 0.717) is 32.5 Å². The molecule has 1 saturated heterocycles. The summed E-state index contributed by atoms with van der Waals surface area (Å²) < 4.78 is 32.3. The Kier molecular flexibility index (Phi) is 4.89. The molecule has 0 aromatic carbocycles. The first-order valence-electron chi connectivity index (χ1n) is 5.58. The van der Waals surface area contributed by atoms with E-state index < -0.39 is 15.6 Å². The van der Waals surface area contributed by atoms with Gasteiger partial charge in [0.05, 0.1) is 18.1 Å². The zero-order valence-electron chi connectivity index (χ0n) is 10.3. The number of hydrogen-bond acceptors (Lipinski definition) is 4. The summed E-state index contributed by atoms with van der Waals surface area (Å²) in [6.07, 6.45) is 1.16. The summed E-state index contributed by atoms with van der Waals surface area (Å²) in [5.41, 5.74) is -0.390. The molecular weight excluding hydrogens is 242 g/mol. The van der Waals surface area contributed by atoms with Gasteiger partial charge in [-0.1, -0.05) is 0 Å². The summed E-state index contributed by atoms with van der Waals surface area (Å²) in [6.45, 7) is 3.28. The molecule has 17 heavy (non-hydrogen) atoms. The maximum atomic E-state index is 11.8. The van der Waals surface area contributed by atoms with Crippen LogP contribution in [-0.2, 0) is 14.9 Å². The van der Waals surface area contributed by atoms with Crippen LogP contribution < -0.4 is 4.72 Å². The Morgan fingerprint density at radius 1 is 1.47 bits per heavy atom. The number of hydrogen-bond donors (Lipinski definition) is 1. The van der Waals surface area contributed by atoms with E-state index in [4.69, 9.17) is 10.00 Å². The number of nitriles is 1. The van der Waals surface area contributed by atoms with E-state index >= 15 is 0 Å². The maximum absolute atomic E-state index is 11.8. The van der Waals surface area contributed by atoms with Crippen molar-refractivity contribution in [1.29, 1.82) is 5.26 Å². The van der Waals surface area contributed by atoms with E-state index in [1.165, 1.54) is 11.4 Å². The first-order chi connectivity index (χ1) is 7.93. The molecule has 0 aromatic rings. The van der Waals surface area contributed by atoms with E-state index in [1.54, 1.807) is 0 Å². The van der Waals surface area contributed by atoms with E-state index in [-0.39, 0.29) is 6.54 Å². The highest BCUT2D eigenvalue weighted by atomic mass is 32.2. The van der Waals surface area contributed by atoms with Gasteiger partial charge in [-0.15, -0.1) is 0 Å². The van der Waals surface area contributed by atoms with Gasteiger partial charge in [0, 0.05) is 26.7 Å². The third-order valence-corrected chi connectivity index (χ3v) is 4.64. The highest BCUT2D eigenvalue weighted by Gasteiger charge is 2.34. The molecule has 1 N–H and O–H groups in total. The number of methoxy groups -OCH3 is 1. The van der Waals surface area contributed by atoms with Gasteiger partial charge in [-0.25, -0.2) is 0 Å². The SMILES string of the molecule is COCCNS(=O)(=O)N1CCC(C)(C#N)CC1. The minimum absolute atomic E-state index is 0.269. The second-order valence-corrected chi connectivity index (χ2v) is 6.22. The second kappa shape index (κ2) is 5.78. The van der Waals surface area contributed by atoms with Crippen LogP contribution in [0.2, 0.25) is 0 Å². The Balaban J connectivity index is 2.51. The van der Waals surface area contributed by atoms with Gasteiger partial charge in [0.2, 0.25) is 0 Å². The van der Waals surface area contributed by atoms with Crippen molar-refractivity contribution in [2.75, 3.05) is 33.4 Å². The lowest BCUT2D eigenvalue weighted by molar-refractivity contribution is 0.201. The van der Waals surface area contributed by atoms with Crippen LogP contribution in [-0.4, -0.2) is 46.1 Å². The van der Waals surface area contributed by atoms with Gasteiger partial charge in [-0.2, -0.15) is 22.7 Å². The average molecular weight is 261 g/mol. The lowest BCUT2D eigenvalue weighted by Crippen LogP contribution is -2.47. The zero-order chi connectivity index (χ0) is 12.9. The van der Waals surface area contributed by atoms with Crippen LogP contribution in [0, 0.1) is 16.7 Å². The molecule has 0 radical (unpaired) electrons. The van der Waals surface area contributed by atoms with Gasteiger partial charge in [0.1, 0.15) is 0 Å². The van der Waals surface area contributed by atoms with Gasteiger partial charge in [-0.05, 0) is 19.8 Å². The highest BCUT2D eigenvalue weighted by molar-refractivity contribution is 7.87. The highest BCUT2D eigenvalue weighted by Crippen LogP contribution is 2.30. The Bertz CT molecular complexity index is 380. The molecular formula is C10H19N3O3S. The van der Waals surface area contributed by atoms with Gasteiger partial charge in [-0.3, -0.25) is 0 Å². The summed E-state index contributed by atoms with van der Waals surface area (Å²) >= 11 is 0. The maximum Gasteiger partial charge on any atom is 0.279 e. The fourth-order valence-corrected chi connectivity index (χ4v) is 2.88. The third kappa shape index (κ3) is 3.92. The van der Waals surface area contributed by atoms with E-state index in [1.807, 2.05) is 6.92 Å². The predicted molar refractivity (Wildman–Crippen MR) is 63.3 cm³/mol. The molecule has 0 atom stereocenters. The Labute approximate surface area is 103 Å². The van der Waals surface area contributed by atoms with Crippen molar-refractivity contribution in [2.45, 2.75) is 19.8 Å². The van der Waals surface area contributed by atoms with Crippen LogP contribution >= 0.6 is 0 Å². The quantitative estimate of drug-likeness (QED) is 0.711. The van der Waals surface area contributed by atoms with Crippen molar-refractivity contribution in [3.05, 3.63) is 0 Å². The van der Waals surface area contributed by atoms with Crippen molar-refractivity contribution >= 4 is 10.2 Å². The van der Waals surface area contributed by atoms with E-state index in [9.17, 15) is 8.42 Å². The summed E-state index contributed by atoms with van der Waals surface area (Å²) in [6, 6.07) is 2.24. The van der Waals surface area contributed by atoms with Gasteiger partial charge in [0.15, 0.2) is 0 Å². The molecule has 0 bridgehead atoms.